The molecule has 6 N–H and O–H groups in total. The van der Waals surface area contributed by atoms with E-state index in [9.17, 15) is 25.2 Å². The average Bonchev–Trinajstić information content (AvgIpc) is 2.48. The van der Waals surface area contributed by atoms with Crippen LogP contribution in [0.25, 0.3) is 0 Å². The Bertz CT molecular complexity index is 480. The molecule has 1 aromatic carbocycles. The van der Waals surface area contributed by atoms with Gasteiger partial charge in [0.15, 0.2) is 0 Å². The lowest BCUT2D eigenvalue weighted by atomic mass is 9.83. The molecule has 1 heterocycles. The van der Waals surface area contributed by atoms with Gasteiger partial charge >= 0.3 is 0 Å². The molecule has 1 fully saturated rings. The van der Waals surface area contributed by atoms with Crippen LogP contribution >= 0.6 is 0 Å². The summed E-state index contributed by atoms with van der Waals surface area (Å²) >= 11 is 0. The summed E-state index contributed by atoms with van der Waals surface area (Å²) in [7, 11) is 0. The molecule has 1 aromatic rings. The van der Waals surface area contributed by atoms with Crippen molar-refractivity contribution in [2.24, 2.45) is 5.73 Å². The maximum Gasteiger partial charge on any atom is 0.227 e. The Balaban J connectivity index is 2.33. The normalized spacial score (nSPS) is 34.4. The fourth-order valence-electron chi connectivity index (χ4n) is 2.58. The minimum Gasteiger partial charge on any atom is -0.394 e. The molecule has 2 rings (SSSR count). The molecule has 0 aliphatic carbocycles. The summed E-state index contributed by atoms with van der Waals surface area (Å²) in [5, 5.41) is 38.8. The third-order valence-corrected chi connectivity index (χ3v) is 3.72. The Labute approximate surface area is 121 Å². The summed E-state index contributed by atoms with van der Waals surface area (Å²) < 4.78 is 5.40. The van der Waals surface area contributed by atoms with Crippen molar-refractivity contribution >= 4 is 5.91 Å². The largest absolute Gasteiger partial charge is 0.394 e. The van der Waals surface area contributed by atoms with Crippen LogP contribution in [0.4, 0.5) is 0 Å². The Hall–Kier alpha value is -1.51. The topological polar surface area (TPSA) is 133 Å². The van der Waals surface area contributed by atoms with E-state index in [2.05, 4.69) is 0 Å². The van der Waals surface area contributed by atoms with Gasteiger partial charge in [0.05, 0.1) is 12.5 Å². The van der Waals surface area contributed by atoms with E-state index < -0.39 is 49.0 Å². The number of aliphatic hydroxyl groups excluding tert-OH is 4. The van der Waals surface area contributed by atoms with E-state index in [0.29, 0.717) is 5.56 Å². The molecule has 1 unspecified atom stereocenters. The van der Waals surface area contributed by atoms with Gasteiger partial charge in [-0.15, -0.1) is 0 Å². The van der Waals surface area contributed by atoms with Crippen LogP contribution in [0.15, 0.2) is 30.3 Å². The fourth-order valence-corrected chi connectivity index (χ4v) is 2.58. The van der Waals surface area contributed by atoms with Crippen molar-refractivity contribution in [1.29, 1.82) is 0 Å². The van der Waals surface area contributed by atoms with E-state index in [1.807, 2.05) is 0 Å². The van der Waals surface area contributed by atoms with Crippen molar-refractivity contribution in [3.63, 3.8) is 0 Å². The average molecular weight is 297 g/mol. The van der Waals surface area contributed by atoms with E-state index in [0.717, 1.165) is 0 Å². The van der Waals surface area contributed by atoms with Gasteiger partial charge in [-0.1, -0.05) is 30.3 Å². The van der Waals surface area contributed by atoms with Gasteiger partial charge < -0.3 is 30.9 Å². The van der Waals surface area contributed by atoms with Crippen LogP contribution in [0.3, 0.4) is 0 Å². The minimum absolute atomic E-state index is 0.523. The van der Waals surface area contributed by atoms with Gasteiger partial charge in [-0.2, -0.15) is 0 Å². The zero-order valence-corrected chi connectivity index (χ0v) is 11.2. The summed E-state index contributed by atoms with van der Waals surface area (Å²) in [4.78, 5) is 11.8. The molecule has 7 nitrogen and oxygen atoms in total. The molecular weight excluding hydrogens is 278 g/mol. The molecule has 6 atom stereocenters. The van der Waals surface area contributed by atoms with Crippen molar-refractivity contribution in [1.82, 2.24) is 0 Å². The number of benzene rings is 1. The smallest absolute Gasteiger partial charge is 0.227 e. The van der Waals surface area contributed by atoms with E-state index in [4.69, 9.17) is 10.5 Å². The number of amides is 1. The van der Waals surface area contributed by atoms with Crippen molar-refractivity contribution in [3.8, 4) is 0 Å². The second kappa shape index (κ2) is 6.50. The lowest BCUT2D eigenvalue weighted by Gasteiger charge is -2.42. The monoisotopic (exact) mass is 297 g/mol. The number of carbonyl (C=O) groups is 1. The molecular formula is C14H19NO6. The van der Waals surface area contributed by atoms with Gasteiger partial charge in [0, 0.05) is 0 Å². The molecule has 1 amide bonds. The summed E-state index contributed by atoms with van der Waals surface area (Å²) in [6.45, 7) is -0.554. The van der Waals surface area contributed by atoms with Crippen LogP contribution in [0, 0.1) is 0 Å². The van der Waals surface area contributed by atoms with Gasteiger partial charge in [-0.25, -0.2) is 0 Å². The fraction of sp³-hybridized carbons (Fsp3) is 0.500. The summed E-state index contributed by atoms with van der Waals surface area (Å²) in [5.74, 6) is -1.73. The van der Waals surface area contributed by atoms with Crippen molar-refractivity contribution < 1.29 is 30.0 Å². The molecule has 1 saturated heterocycles. The maximum absolute atomic E-state index is 11.8. The highest BCUT2D eigenvalue weighted by Gasteiger charge is 2.48. The second-order valence-corrected chi connectivity index (χ2v) is 5.08. The van der Waals surface area contributed by atoms with Crippen LogP contribution in [0.5, 0.6) is 0 Å². The first kappa shape index (κ1) is 15.9. The predicted molar refractivity (Wildman–Crippen MR) is 72.1 cm³/mol. The van der Waals surface area contributed by atoms with Crippen LogP contribution in [0.2, 0.25) is 0 Å². The van der Waals surface area contributed by atoms with Gasteiger partial charge in [0.1, 0.15) is 30.5 Å². The molecule has 0 saturated carbocycles. The lowest BCUT2D eigenvalue weighted by molar-refractivity contribution is -0.233. The number of rotatable bonds is 4. The Kier molecular flexibility index (Phi) is 4.92. The van der Waals surface area contributed by atoms with Crippen LogP contribution < -0.4 is 5.73 Å². The van der Waals surface area contributed by atoms with E-state index >= 15 is 0 Å². The molecule has 0 radical (unpaired) electrons. The first-order valence-electron chi connectivity index (χ1n) is 6.62. The van der Waals surface area contributed by atoms with Gasteiger partial charge in [-0.05, 0) is 5.56 Å². The molecule has 0 aromatic heterocycles. The highest BCUT2D eigenvalue weighted by atomic mass is 16.5. The zero-order chi connectivity index (χ0) is 15.6. The van der Waals surface area contributed by atoms with E-state index in [1.54, 1.807) is 30.3 Å². The number of ether oxygens (including phenoxy) is 1. The predicted octanol–water partition coefficient (Wildman–Crippen LogP) is -1.90. The maximum atomic E-state index is 11.8. The lowest BCUT2D eigenvalue weighted by Crippen LogP contribution is -2.61. The van der Waals surface area contributed by atoms with Gasteiger partial charge in [-0.3, -0.25) is 4.79 Å². The Morgan fingerprint density at radius 3 is 2.29 bits per heavy atom. The second-order valence-electron chi connectivity index (χ2n) is 5.08. The summed E-state index contributed by atoms with van der Waals surface area (Å²) in [5.41, 5.74) is 5.91. The molecule has 116 valence electrons. The number of hydrogen-bond acceptors (Lipinski definition) is 6. The minimum atomic E-state index is -1.54. The molecule has 0 bridgehead atoms. The zero-order valence-electron chi connectivity index (χ0n) is 11.2. The molecule has 1 aliphatic rings. The van der Waals surface area contributed by atoms with Crippen molar-refractivity contribution in [2.75, 3.05) is 6.61 Å². The first-order chi connectivity index (χ1) is 9.97. The van der Waals surface area contributed by atoms with Crippen LogP contribution in [-0.2, 0) is 9.53 Å². The van der Waals surface area contributed by atoms with Crippen molar-refractivity contribution in [3.05, 3.63) is 35.9 Å². The number of nitrogens with two attached hydrogens (primary N) is 1. The standard InChI is InChI=1S/C14H19NO6/c15-14(20)9(7-4-2-1-3-5-7)13-12(19)11(18)10(17)8(6-16)21-13/h1-5,8-13,16-19H,6H2,(H2,15,20)/t8-,9?,10-,11+,12-,13+/m1/s1. The Morgan fingerprint density at radius 2 is 1.76 bits per heavy atom. The van der Waals surface area contributed by atoms with Crippen LogP contribution in [-0.4, -0.2) is 63.5 Å². The SMILES string of the molecule is NC(=O)C(c1ccccc1)[C@@H]1O[C@H](CO)[C@@H](O)[C@H](O)[C@H]1O. The highest BCUT2D eigenvalue weighted by molar-refractivity contribution is 5.82. The highest BCUT2D eigenvalue weighted by Crippen LogP contribution is 2.31. The first-order valence-corrected chi connectivity index (χ1v) is 6.62. The third-order valence-electron chi connectivity index (χ3n) is 3.72. The quantitative estimate of drug-likeness (QED) is 0.441. The molecule has 7 heteroatoms. The number of aliphatic hydroxyl groups is 4. The molecule has 0 spiro atoms. The van der Waals surface area contributed by atoms with Gasteiger partial charge in [0.2, 0.25) is 5.91 Å². The molecule has 1 aliphatic heterocycles. The molecule has 21 heavy (non-hydrogen) atoms. The third kappa shape index (κ3) is 3.07. The summed E-state index contributed by atoms with van der Waals surface area (Å²) in [6.07, 6.45) is -6.73. The van der Waals surface area contributed by atoms with Crippen LogP contribution in [0.1, 0.15) is 11.5 Å². The van der Waals surface area contributed by atoms with E-state index in [-0.39, 0.29) is 0 Å². The van der Waals surface area contributed by atoms with Gasteiger partial charge in [0.25, 0.3) is 0 Å². The summed E-state index contributed by atoms with van der Waals surface area (Å²) in [6, 6.07) is 8.47. The Morgan fingerprint density at radius 1 is 1.14 bits per heavy atom. The number of hydrogen-bond donors (Lipinski definition) is 5. The van der Waals surface area contributed by atoms with E-state index in [1.165, 1.54) is 0 Å². The number of primary amides is 1. The van der Waals surface area contributed by atoms with Crippen molar-refractivity contribution in [2.45, 2.75) is 36.4 Å². The number of carbonyl (C=O) groups excluding carboxylic acids is 1.